The van der Waals surface area contributed by atoms with Gasteiger partial charge in [-0.15, -0.1) is 0 Å². The topological polar surface area (TPSA) is 47.6 Å². The molecule has 4 nitrogen and oxygen atoms in total. The Morgan fingerprint density at radius 3 is 2.95 bits per heavy atom. The molecular weight excluding hydrogens is 322 g/mol. The summed E-state index contributed by atoms with van der Waals surface area (Å²) in [5.41, 5.74) is 1.69. The summed E-state index contributed by atoms with van der Waals surface area (Å²) in [5.74, 6) is 0.269. The van der Waals surface area contributed by atoms with Gasteiger partial charge in [0, 0.05) is 24.2 Å². The second kappa shape index (κ2) is 7.20. The molecule has 2 atom stereocenters. The van der Waals surface area contributed by atoms with Crippen molar-refractivity contribution < 1.29 is 14.3 Å². The van der Waals surface area contributed by atoms with Gasteiger partial charge in [-0.3, -0.25) is 0 Å². The molecule has 1 saturated heterocycles. The molecule has 2 unspecified atom stereocenters. The van der Waals surface area contributed by atoms with E-state index >= 15 is 0 Å². The summed E-state index contributed by atoms with van der Waals surface area (Å²) in [4.78, 5) is 11.4. The number of nitrogens with one attached hydrogen (secondary N) is 1. The Labute approximate surface area is 128 Å². The monoisotopic (exact) mass is 341 g/mol. The number of carbonyl (C=O) groups is 1. The van der Waals surface area contributed by atoms with E-state index in [2.05, 4.69) is 28.2 Å². The maximum absolute atomic E-state index is 11.4. The van der Waals surface area contributed by atoms with E-state index in [4.69, 9.17) is 9.47 Å². The SMILES string of the molecule is COC(=O)c1ccc(CNCC2CCOC2C)c(Br)c1. The Morgan fingerprint density at radius 1 is 1.55 bits per heavy atom. The molecule has 0 aliphatic carbocycles. The molecule has 1 heterocycles. The highest BCUT2D eigenvalue weighted by atomic mass is 79.9. The highest BCUT2D eigenvalue weighted by Gasteiger charge is 2.23. The first-order chi connectivity index (χ1) is 9.61. The first kappa shape index (κ1) is 15.5. The molecule has 0 bridgehead atoms. The lowest BCUT2D eigenvalue weighted by Gasteiger charge is -2.15. The number of carbonyl (C=O) groups excluding carboxylic acids is 1. The first-order valence-electron chi connectivity index (χ1n) is 6.81. The molecule has 110 valence electrons. The van der Waals surface area contributed by atoms with Crippen molar-refractivity contribution in [3.8, 4) is 0 Å². The summed E-state index contributed by atoms with van der Waals surface area (Å²) in [7, 11) is 1.39. The summed E-state index contributed by atoms with van der Waals surface area (Å²) < 4.78 is 11.2. The van der Waals surface area contributed by atoms with Crippen LogP contribution in [0.5, 0.6) is 0 Å². The zero-order chi connectivity index (χ0) is 14.5. The molecule has 1 N–H and O–H groups in total. The predicted octanol–water partition coefficient (Wildman–Crippen LogP) is 2.75. The molecule has 5 heteroatoms. The fraction of sp³-hybridized carbons (Fsp3) is 0.533. The molecular formula is C15H20BrNO3. The summed E-state index contributed by atoms with van der Waals surface area (Å²) in [5, 5.41) is 3.45. The van der Waals surface area contributed by atoms with Crippen LogP contribution >= 0.6 is 15.9 Å². The third kappa shape index (κ3) is 3.81. The Kier molecular flexibility index (Phi) is 5.57. The Morgan fingerprint density at radius 2 is 2.35 bits per heavy atom. The van der Waals surface area contributed by atoms with E-state index in [1.54, 1.807) is 12.1 Å². The zero-order valence-electron chi connectivity index (χ0n) is 11.8. The number of hydrogen-bond acceptors (Lipinski definition) is 4. The van der Waals surface area contributed by atoms with Gasteiger partial charge in [-0.1, -0.05) is 22.0 Å². The van der Waals surface area contributed by atoms with Crippen molar-refractivity contribution in [2.75, 3.05) is 20.3 Å². The van der Waals surface area contributed by atoms with Crippen molar-refractivity contribution in [1.82, 2.24) is 5.32 Å². The van der Waals surface area contributed by atoms with Crippen LogP contribution in [0.15, 0.2) is 22.7 Å². The summed E-state index contributed by atoms with van der Waals surface area (Å²) in [6, 6.07) is 5.52. The third-order valence-electron chi connectivity index (χ3n) is 3.73. The van der Waals surface area contributed by atoms with E-state index in [0.29, 0.717) is 17.6 Å². The number of methoxy groups -OCH3 is 1. The van der Waals surface area contributed by atoms with Crippen LogP contribution < -0.4 is 5.32 Å². The predicted molar refractivity (Wildman–Crippen MR) is 80.7 cm³/mol. The molecule has 1 aromatic carbocycles. The lowest BCUT2D eigenvalue weighted by Crippen LogP contribution is -2.26. The average Bonchev–Trinajstić information content (AvgIpc) is 2.85. The molecule has 20 heavy (non-hydrogen) atoms. The molecule has 1 fully saturated rings. The molecule has 0 saturated carbocycles. The quantitative estimate of drug-likeness (QED) is 0.836. The molecule has 0 radical (unpaired) electrons. The first-order valence-corrected chi connectivity index (χ1v) is 7.60. The molecule has 1 aromatic rings. The van der Waals surface area contributed by atoms with Gasteiger partial charge >= 0.3 is 5.97 Å². The fourth-order valence-electron chi connectivity index (χ4n) is 2.37. The van der Waals surface area contributed by atoms with E-state index in [1.165, 1.54) is 7.11 Å². The van der Waals surface area contributed by atoms with Crippen LogP contribution in [-0.4, -0.2) is 32.3 Å². The van der Waals surface area contributed by atoms with Crippen molar-refractivity contribution in [1.29, 1.82) is 0 Å². The van der Waals surface area contributed by atoms with Gasteiger partial charge in [-0.2, -0.15) is 0 Å². The van der Waals surface area contributed by atoms with E-state index in [1.807, 2.05) is 6.07 Å². The highest BCUT2D eigenvalue weighted by Crippen LogP contribution is 2.21. The molecule has 1 aliphatic heterocycles. The summed E-state index contributed by atoms with van der Waals surface area (Å²) in [6.45, 7) is 4.71. The molecule has 0 amide bonds. The van der Waals surface area contributed by atoms with E-state index in [-0.39, 0.29) is 5.97 Å². The minimum atomic E-state index is -0.317. The average molecular weight is 342 g/mol. The molecule has 1 aliphatic rings. The smallest absolute Gasteiger partial charge is 0.337 e. The number of hydrogen-bond donors (Lipinski definition) is 1. The van der Waals surface area contributed by atoms with E-state index in [0.717, 1.165) is 36.2 Å². The number of ether oxygens (including phenoxy) is 2. The van der Waals surface area contributed by atoms with Crippen LogP contribution in [-0.2, 0) is 16.0 Å². The van der Waals surface area contributed by atoms with Crippen LogP contribution in [0.4, 0.5) is 0 Å². The number of halogens is 1. The van der Waals surface area contributed by atoms with Gasteiger partial charge in [0.15, 0.2) is 0 Å². The molecule has 0 aromatic heterocycles. The molecule has 0 spiro atoms. The number of esters is 1. The van der Waals surface area contributed by atoms with Crippen molar-refractivity contribution in [2.45, 2.75) is 26.0 Å². The van der Waals surface area contributed by atoms with Gasteiger partial charge in [0.1, 0.15) is 0 Å². The van der Waals surface area contributed by atoms with Gasteiger partial charge in [-0.25, -0.2) is 4.79 Å². The van der Waals surface area contributed by atoms with Crippen LogP contribution in [0.2, 0.25) is 0 Å². The van der Waals surface area contributed by atoms with Crippen molar-refractivity contribution in [3.63, 3.8) is 0 Å². The minimum absolute atomic E-state index is 0.317. The number of rotatable bonds is 5. The third-order valence-corrected chi connectivity index (χ3v) is 4.47. The zero-order valence-corrected chi connectivity index (χ0v) is 13.4. The van der Waals surface area contributed by atoms with Crippen LogP contribution in [0.25, 0.3) is 0 Å². The van der Waals surface area contributed by atoms with Gasteiger partial charge in [0.05, 0.1) is 18.8 Å². The van der Waals surface area contributed by atoms with Crippen LogP contribution in [0.1, 0.15) is 29.3 Å². The highest BCUT2D eigenvalue weighted by molar-refractivity contribution is 9.10. The van der Waals surface area contributed by atoms with Gasteiger partial charge in [0.25, 0.3) is 0 Å². The lowest BCUT2D eigenvalue weighted by molar-refractivity contribution is 0.0600. The van der Waals surface area contributed by atoms with Crippen LogP contribution in [0.3, 0.4) is 0 Å². The second-order valence-electron chi connectivity index (χ2n) is 5.05. The lowest BCUT2D eigenvalue weighted by atomic mass is 10.0. The van der Waals surface area contributed by atoms with Crippen molar-refractivity contribution >= 4 is 21.9 Å². The normalized spacial score (nSPS) is 21.9. The summed E-state index contributed by atoms with van der Waals surface area (Å²) in [6.07, 6.45) is 1.46. The Bertz CT molecular complexity index is 478. The van der Waals surface area contributed by atoms with Crippen LogP contribution in [0, 0.1) is 5.92 Å². The van der Waals surface area contributed by atoms with Crippen molar-refractivity contribution in [2.24, 2.45) is 5.92 Å². The molecule has 2 rings (SSSR count). The largest absolute Gasteiger partial charge is 0.465 e. The second-order valence-corrected chi connectivity index (χ2v) is 5.91. The fourth-order valence-corrected chi connectivity index (χ4v) is 2.89. The summed E-state index contributed by atoms with van der Waals surface area (Å²) >= 11 is 3.50. The van der Waals surface area contributed by atoms with Crippen molar-refractivity contribution in [3.05, 3.63) is 33.8 Å². The minimum Gasteiger partial charge on any atom is -0.465 e. The Hall–Kier alpha value is -0.910. The maximum atomic E-state index is 11.4. The van der Waals surface area contributed by atoms with E-state index < -0.39 is 0 Å². The maximum Gasteiger partial charge on any atom is 0.337 e. The van der Waals surface area contributed by atoms with E-state index in [9.17, 15) is 4.79 Å². The van der Waals surface area contributed by atoms with Gasteiger partial charge in [0.2, 0.25) is 0 Å². The van der Waals surface area contributed by atoms with Gasteiger partial charge < -0.3 is 14.8 Å². The Balaban J connectivity index is 1.88. The number of benzene rings is 1. The standard InChI is InChI=1S/C15H20BrNO3/c1-10-12(5-6-20-10)8-17-9-13-4-3-11(7-14(13)16)15(18)19-2/h3-4,7,10,12,17H,5-6,8-9H2,1-2H3. The van der Waals surface area contributed by atoms with Gasteiger partial charge in [-0.05, 0) is 37.0 Å².